The molecule has 1 aromatic carbocycles. The van der Waals surface area contributed by atoms with Gasteiger partial charge in [0.15, 0.2) is 0 Å². The van der Waals surface area contributed by atoms with E-state index in [2.05, 4.69) is 25.8 Å². The van der Waals surface area contributed by atoms with Gasteiger partial charge in [-0.15, -0.1) is 0 Å². The summed E-state index contributed by atoms with van der Waals surface area (Å²) in [5.74, 6) is -0.506. The van der Waals surface area contributed by atoms with Crippen LogP contribution in [-0.4, -0.2) is 39.8 Å². The van der Waals surface area contributed by atoms with E-state index in [1.807, 2.05) is 32.0 Å². The van der Waals surface area contributed by atoms with Crippen LogP contribution in [0.2, 0.25) is 0 Å². The maximum absolute atomic E-state index is 12.6. The predicted molar refractivity (Wildman–Crippen MR) is 108 cm³/mol. The number of nitrogens with one attached hydrogen (secondary N) is 2. The number of hydrogen-bond donors (Lipinski definition) is 2. The van der Waals surface area contributed by atoms with Crippen molar-refractivity contribution in [3.8, 4) is 0 Å². The number of carbonyl (C=O) groups excluding carboxylic acids is 2. The minimum Gasteiger partial charge on any atom is -0.444 e. The fourth-order valence-corrected chi connectivity index (χ4v) is 2.49. The van der Waals surface area contributed by atoms with Crippen LogP contribution in [0.5, 0.6) is 0 Å². The summed E-state index contributed by atoms with van der Waals surface area (Å²) in [6, 6.07) is 4.76. The third-order valence-electron chi connectivity index (χ3n) is 4.08. The van der Waals surface area contributed by atoms with Crippen LogP contribution in [0.3, 0.4) is 0 Å². The molecule has 1 heterocycles. The summed E-state index contributed by atoms with van der Waals surface area (Å²) in [6.45, 7) is 9.12. The van der Waals surface area contributed by atoms with Crippen molar-refractivity contribution in [3.05, 3.63) is 36.2 Å². The molecule has 2 rings (SSSR count). The van der Waals surface area contributed by atoms with Crippen molar-refractivity contribution in [2.75, 3.05) is 0 Å². The topological polar surface area (TPSA) is 106 Å². The number of amides is 2. The number of alkyl carbamates (subject to hydrolysis) is 1. The zero-order valence-electron chi connectivity index (χ0n) is 16.9. The zero-order chi connectivity index (χ0) is 20.7. The van der Waals surface area contributed by atoms with Crippen molar-refractivity contribution in [2.24, 2.45) is 11.0 Å². The number of hydrogen-bond acceptors (Lipinski definition) is 6. The largest absolute Gasteiger partial charge is 0.444 e. The molecule has 0 saturated heterocycles. The number of hydrazone groups is 1. The lowest BCUT2D eigenvalue weighted by molar-refractivity contribution is -0.124. The van der Waals surface area contributed by atoms with Crippen LogP contribution >= 0.6 is 0 Å². The molecular formula is C20H27N5O3. The average molecular weight is 385 g/mol. The second-order valence-corrected chi connectivity index (χ2v) is 7.51. The van der Waals surface area contributed by atoms with Crippen molar-refractivity contribution in [2.45, 2.75) is 52.7 Å². The fourth-order valence-electron chi connectivity index (χ4n) is 2.49. The molecule has 0 radical (unpaired) electrons. The van der Waals surface area contributed by atoms with Crippen molar-refractivity contribution in [1.82, 2.24) is 20.7 Å². The molecule has 0 spiro atoms. The molecule has 2 amide bonds. The van der Waals surface area contributed by atoms with E-state index in [0.29, 0.717) is 11.9 Å². The van der Waals surface area contributed by atoms with Crippen LogP contribution in [0.15, 0.2) is 35.7 Å². The number of aromatic nitrogens is 2. The van der Waals surface area contributed by atoms with Crippen LogP contribution in [0.4, 0.5) is 4.79 Å². The summed E-state index contributed by atoms with van der Waals surface area (Å²) >= 11 is 0. The van der Waals surface area contributed by atoms with Crippen molar-refractivity contribution < 1.29 is 14.3 Å². The Morgan fingerprint density at radius 2 is 1.96 bits per heavy atom. The third kappa shape index (κ3) is 6.00. The highest BCUT2D eigenvalue weighted by atomic mass is 16.6. The number of fused-ring (bicyclic) bond motifs is 1. The standard InChI is InChI=1S/C20H27N5O3/c1-6-13(2)16(24-19(27)28-20(3,4)5)18(26)25-23-12-14-8-7-9-15-17(14)22-11-10-21-15/h7-13,16H,6H2,1-5H3,(H,24,27)(H,25,26)/b23-12-/t13-,16+/m1/s1. The lowest BCUT2D eigenvalue weighted by Gasteiger charge is -2.25. The van der Waals surface area contributed by atoms with Gasteiger partial charge in [0.05, 0.1) is 17.2 Å². The van der Waals surface area contributed by atoms with E-state index in [4.69, 9.17) is 4.74 Å². The lowest BCUT2D eigenvalue weighted by Crippen LogP contribution is -2.50. The Balaban J connectivity index is 2.08. The first-order valence-electron chi connectivity index (χ1n) is 9.23. The highest BCUT2D eigenvalue weighted by molar-refractivity contribution is 5.96. The Morgan fingerprint density at radius 1 is 1.25 bits per heavy atom. The summed E-state index contributed by atoms with van der Waals surface area (Å²) in [5, 5.41) is 6.66. The Bertz CT molecular complexity index is 855. The second-order valence-electron chi connectivity index (χ2n) is 7.51. The van der Waals surface area contributed by atoms with Crippen LogP contribution < -0.4 is 10.7 Å². The minimum atomic E-state index is -0.760. The molecule has 2 atom stereocenters. The number of para-hydroxylation sites is 1. The SMILES string of the molecule is CC[C@@H](C)[C@H](NC(=O)OC(C)(C)C)C(=O)N/N=C\c1cccc2nccnc12. The molecule has 0 saturated carbocycles. The number of nitrogens with zero attached hydrogens (tertiary/aromatic N) is 3. The molecule has 2 N–H and O–H groups in total. The summed E-state index contributed by atoms with van der Waals surface area (Å²) in [7, 11) is 0. The molecule has 0 fully saturated rings. The van der Waals surface area contributed by atoms with Gasteiger partial charge in [-0.05, 0) is 32.8 Å². The monoisotopic (exact) mass is 385 g/mol. The normalized spacial score (nSPS) is 13.9. The molecule has 0 bridgehead atoms. The van der Waals surface area contributed by atoms with Gasteiger partial charge in [-0.3, -0.25) is 14.8 Å². The van der Waals surface area contributed by atoms with E-state index in [9.17, 15) is 9.59 Å². The smallest absolute Gasteiger partial charge is 0.408 e. The van der Waals surface area contributed by atoms with Gasteiger partial charge < -0.3 is 10.1 Å². The first kappa shape index (κ1) is 21.3. The quantitative estimate of drug-likeness (QED) is 0.587. The molecule has 2 aromatic rings. The summed E-state index contributed by atoms with van der Waals surface area (Å²) in [4.78, 5) is 33.2. The Kier molecular flexibility index (Phi) is 7.03. The van der Waals surface area contributed by atoms with E-state index in [1.54, 1.807) is 33.2 Å². The van der Waals surface area contributed by atoms with E-state index < -0.39 is 23.6 Å². The summed E-state index contributed by atoms with van der Waals surface area (Å²) in [6.07, 6.45) is 4.79. The van der Waals surface area contributed by atoms with E-state index >= 15 is 0 Å². The van der Waals surface area contributed by atoms with Crippen LogP contribution in [0.25, 0.3) is 11.0 Å². The minimum absolute atomic E-state index is 0.0915. The maximum Gasteiger partial charge on any atom is 0.408 e. The first-order valence-corrected chi connectivity index (χ1v) is 9.23. The highest BCUT2D eigenvalue weighted by Crippen LogP contribution is 2.13. The first-order chi connectivity index (χ1) is 13.2. The predicted octanol–water partition coefficient (Wildman–Crippen LogP) is 3.02. The molecule has 0 aliphatic heterocycles. The van der Waals surface area contributed by atoms with E-state index in [-0.39, 0.29) is 5.92 Å². The molecule has 0 unspecified atom stereocenters. The second kappa shape index (κ2) is 9.25. The molecular weight excluding hydrogens is 358 g/mol. The third-order valence-corrected chi connectivity index (χ3v) is 4.08. The van der Waals surface area contributed by atoms with Gasteiger partial charge in [0, 0.05) is 18.0 Å². The van der Waals surface area contributed by atoms with Gasteiger partial charge in [-0.25, -0.2) is 10.2 Å². The number of carbonyl (C=O) groups is 2. The van der Waals surface area contributed by atoms with Crippen LogP contribution in [0.1, 0.15) is 46.6 Å². The lowest BCUT2D eigenvalue weighted by atomic mass is 9.99. The molecule has 0 aliphatic rings. The average Bonchev–Trinajstić information content (AvgIpc) is 2.64. The zero-order valence-corrected chi connectivity index (χ0v) is 16.9. The van der Waals surface area contributed by atoms with E-state index in [0.717, 1.165) is 11.1 Å². The van der Waals surface area contributed by atoms with Gasteiger partial charge >= 0.3 is 6.09 Å². The molecule has 28 heavy (non-hydrogen) atoms. The van der Waals surface area contributed by atoms with Crippen LogP contribution in [-0.2, 0) is 9.53 Å². The molecule has 1 aromatic heterocycles. The van der Waals surface area contributed by atoms with Gasteiger partial charge in [0.2, 0.25) is 0 Å². The molecule has 150 valence electrons. The van der Waals surface area contributed by atoms with Gasteiger partial charge in [0.1, 0.15) is 11.6 Å². The molecule has 0 aliphatic carbocycles. The van der Waals surface area contributed by atoms with Gasteiger partial charge in [0.25, 0.3) is 5.91 Å². The van der Waals surface area contributed by atoms with Crippen LogP contribution in [0, 0.1) is 5.92 Å². The van der Waals surface area contributed by atoms with Crippen molar-refractivity contribution in [1.29, 1.82) is 0 Å². The number of ether oxygens (including phenoxy) is 1. The Morgan fingerprint density at radius 3 is 2.64 bits per heavy atom. The fraction of sp³-hybridized carbons (Fsp3) is 0.450. The van der Waals surface area contributed by atoms with Gasteiger partial charge in [-0.2, -0.15) is 5.10 Å². The Labute approximate surface area is 164 Å². The summed E-state index contributed by atoms with van der Waals surface area (Å²) in [5.41, 5.74) is 4.00. The van der Waals surface area contributed by atoms with Crippen molar-refractivity contribution in [3.63, 3.8) is 0 Å². The summed E-state index contributed by atoms with van der Waals surface area (Å²) < 4.78 is 5.25. The number of benzene rings is 1. The number of rotatable bonds is 6. The molecule has 8 nitrogen and oxygen atoms in total. The maximum atomic E-state index is 12.6. The van der Waals surface area contributed by atoms with E-state index in [1.165, 1.54) is 6.21 Å². The molecule has 8 heteroatoms. The van der Waals surface area contributed by atoms with Crippen molar-refractivity contribution >= 4 is 29.2 Å². The highest BCUT2D eigenvalue weighted by Gasteiger charge is 2.28. The van der Waals surface area contributed by atoms with Gasteiger partial charge in [-0.1, -0.05) is 32.4 Å². The Hall–Kier alpha value is -3.03.